The molecule has 1 amide bonds. The SMILES string of the molecule is CC(C)(C)OC(=O)N1CCCC1c1c(C(=O)O)nnn1CCCCO. The van der Waals surface area contributed by atoms with E-state index in [0.29, 0.717) is 38.0 Å². The number of carbonyl (C=O) groups is 2. The number of ether oxygens (including phenoxy) is 1. The Morgan fingerprint density at radius 1 is 1.32 bits per heavy atom. The van der Waals surface area contributed by atoms with Crippen LogP contribution in [0.5, 0.6) is 0 Å². The zero-order valence-corrected chi connectivity index (χ0v) is 14.9. The molecular weight excluding hydrogens is 328 g/mol. The van der Waals surface area contributed by atoms with E-state index in [1.54, 1.807) is 25.7 Å². The van der Waals surface area contributed by atoms with E-state index >= 15 is 0 Å². The second kappa shape index (κ2) is 7.81. The summed E-state index contributed by atoms with van der Waals surface area (Å²) in [6, 6.07) is -0.426. The summed E-state index contributed by atoms with van der Waals surface area (Å²) in [5, 5.41) is 26.1. The van der Waals surface area contributed by atoms with Gasteiger partial charge >= 0.3 is 12.1 Å². The van der Waals surface area contributed by atoms with Crippen LogP contribution in [0.25, 0.3) is 0 Å². The Hall–Kier alpha value is -2.16. The molecule has 1 fully saturated rings. The average Bonchev–Trinajstić information content (AvgIpc) is 3.11. The molecule has 140 valence electrons. The summed E-state index contributed by atoms with van der Waals surface area (Å²) in [4.78, 5) is 25.6. The van der Waals surface area contributed by atoms with Gasteiger partial charge in [-0.05, 0) is 46.5 Å². The number of hydrogen-bond acceptors (Lipinski definition) is 6. The van der Waals surface area contributed by atoms with Crippen molar-refractivity contribution in [3.8, 4) is 0 Å². The maximum Gasteiger partial charge on any atom is 0.410 e. The molecule has 1 saturated heterocycles. The minimum absolute atomic E-state index is 0.0588. The Morgan fingerprint density at radius 2 is 2.04 bits per heavy atom. The van der Waals surface area contributed by atoms with Crippen molar-refractivity contribution in [2.45, 2.75) is 64.6 Å². The van der Waals surface area contributed by atoms with Crippen molar-refractivity contribution < 1.29 is 24.5 Å². The molecule has 1 aromatic heterocycles. The van der Waals surface area contributed by atoms with Crippen molar-refractivity contribution in [2.75, 3.05) is 13.2 Å². The predicted octanol–water partition coefficient (Wildman–Crippen LogP) is 1.82. The minimum atomic E-state index is -1.17. The van der Waals surface area contributed by atoms with Crippen molar-refractivity contribution in [3.63, 3.8) is 0 Å². The number of hydrogen-bond donors (Lipinski definition) is 2. The summed E-state index contributed by atoms with van der Waals surface area (Å²) in [5.74, 6) is -1.17. The Kier molecular flexibility index (Phi) is 5.99. The first-order valence-electron chi connectivity index (χ1n) is 8.51. The molecule has 0 aliphatic carbocycles. The number of carbonyl (C=O) groups excluding carboxylic acids is 1. The molecule has 1 unspecified atom stereocenters. The van der Waals surface area contributed by atoms with E-state index in [0.717, 1.165) is 6.42 Å². The minimum Gasteiger partial charge on any atom is -0.476 e. The van der Waals surface area contributed by atoms with Crippen molar-refractivity contribution in [2.24, 2.45) is 0 Å². The molecular formula is C16H26N4O5. The molecule has 0 spiro atoms. The van der Waals surface area contributed by atoms with Gasteiger partial charge < -0.3 is 14.9 Å². The molecule has 9 nitrogen and oxygen atoms in total. The number of carboxylic acid groups (broad SMARTS) is 1. The Balaban J connectivity index is 2.29. The first-order chi connectivity index (χ1) is 11.7. The van der Waals surface area contributed by atoms with Gasteiger partial charge in [-0.25, -0.2) is 14.3 Å². The molecule has 1 aromatic rings. The van der Waals surface area contributed by atoms with E-state index in [9.17, 15) is 14.7 Å². The van der Waals surface area contributed by atoms with Crippen molar-refractivity contribution in [1.29, 1.82) is 0 Å². The fraction of sp³-hybridized carbons (Fsp3) is 0.750. The molecule has 0 bridgehead atoms. The number of aliphatic hydroxyl groups excluding tert-OH is 1. The third-order valence-electron chi connectivity index (χ3n) is 3.95. The lowest BCUT2D eigenvalue weighted by atomic mass is 10.1. The standard InChI is InChI=1S/C16H26N4O5/c1-16(2,3)25-15(24)19-8-6-7-11(19)13-12(14(22)23)17-18-20(13)9-4-5-10-21/h11,21H,4-10H2,1-3H3,(H,22,23). The molecule has 2 rings (SSSR count). The van der Waals surface area contributed by atoms with E-state index in [-0.39, 0.29) is 12.3 Å². The number of likely N-dealkylation sites (tertiary alicyclic amines) is 1. The molecule has 0 radical (unpaired) electrons. The summed E-state index contributed by atoms with van der Waals surface area (Å²) in [5.41, 5.74) is -0.335. The molecule has 2 heterocycles. The number of aromatic carboxylic acids is 1. The lowest BCUT2D eigenvalue weighted by Crippen LogP contribution is -2.37. The first kappa shape index (κ1) is 19.2. The van der Waals surface area contributed by atoms with Gasteiger partial charge in [0, 0.05) is 19.7 Å². The van der Waals surface area contributed by atoms with Gasteiger partial charge in [0.2, 0.25) is 0 Å². The number of aromatic nitrogens is 3. The van der Waals surface area contributed by atoms with E-state index in [4.69, 9.17) is 9.84 Å². The fourth-order valence-electron chi connectivity index (χ4n) is 2.93. The smallest absolute Gasteiger partial charge is 0.410 e. The van der Waals surface area contributed by atoms with Gasteiger partial charge in [-0.1, -0.05) is 5.21 Å². The van der Waals surface area contributed by atoms with E-state index in [1.165, 1.54) is 4.68 Å². The van der Waals surface area contributed by atoms with Gasteiger partial charge in [-0.3, -0.25) is 4.90 Å². The summed E-state index contributed by atoms with van der Waals surface area (Å²) >= 11 is 0. The second-order valence-corrected chi connectivity index (χ2v) is 7.11. The van der Waals surface area contributed by atoms with Gasteiger partial charge in [0.15, 0.2) is 5.69 Å². The fourth-order valence-corrected chi connectivity index (χ4v) is 2.93. The summed E-state index contributed by atoms with van der Waals surface area (Å²) in [6.45, 7) is 6.37. The van der Waals surface area contributed by atoms with Crippen molar-refractivity contribution >= 4 is 12.1 Å². The van der Waals surface area contributed by atoms with Gasteiger partial charge in [0.1, 0.15) is 5.60 Å². The third kappa shape index (κ3) is 4.68. The van der Waals surface area contributed by atoms with Gasteiger partial charge in [-0.2, -0.15) is 0 Å². The van der Waals surface area contributed by atoms with Crippen LogP contribution in [-0.4, -0.2) is 60.9 Å². The normalized spacial score (nSPS) is 17.8. The monoisotopic (exact) mass is 354 g/mol. The molecule has 0 aromatic carbocycles. The van der Waals surface area contributed by atoms with E-state index in [1.807, 2.05) is 0 Å². The van der Waals surface area contributed by atoms with E-state index in [2.05, 4.69) is 10.3 Å². The number of nitrogens with zero attached hydrogens (tertiary/aromatic N) is 4. The maximum atomic E-state index is 12.5. The van der Waals surface area contributed by atoms with Crippen LogP contribution < -0.4 is 0 Å². The van der Waals surface area contributed by atoms with Crippen LogP contribution in [0.1, 0.15) is 68.7 Å². The largest absolute Gasteiger partial charge is 0.476 e. The third-order valence-corrected chi connectivity index (χ3v) is 3.95. The van der Waals surface area contributed by atoms with Crippen LogP contribution in [-0.2, 0) is 11.3 Å². The Bertz CT molecular complexity index is 623. The van der Waals surface area contributed by atoms with Crippen LogP contribution in [0.2, 0.25) is 0 Å². The number of aryl methyl sites for hydroxylation is 1. The van der Waals surface area contributed by atoms with Gasteiger partial charge in [0.25, 0.3) is 0 Å². The average molecular weight is 354 g/mol. The highest BCUT2D eigenvalue weighted by atomic mass is 16.6. The van der Waals surface area contributed by atoms with Gasteiger partial charge in [0.05, 0.1) is 11.7 Å². The molecule has 25 heavy (non-hydrogen) atoms. The van der Waals surface area contributed by atoms with Crippen molar-refractivity contribution in [1.82, 2.24) is 19.9 Å². The highest BCUT2D eigenvalue weighted by Crippen LogP contribution is 2.34. The van der Waals surface area contributed by atoms with E-state index < -0.39 is 23.7 Å². The zero-order chi connectivity index (χ0) is 18.6. The number of amides is 1. The Morgan fingerprint density at radius 3 is 2.64 bits per heavy atom. The molecule has 1 aliphatic rings. The number of unbranched alkanes of at least 4 members (excludes halogenated alkanes) is 1. The quantitative estimate of drug-likeness (QED) is 0.748. The summed E-state index contributed by atoms with van der Waals surface area (Å²) < 4.78 is 6.98. The van der Waals surface area contributed by atoms with Crippen molar-refractivity contribution in [3.05, 3.63) is 11.4 Å². The van der Waals surface area contributed by atoms with Crippen LogP contribution >= 0.6 is 0 Å². The highest BCUT2D eigenvalue weighted by Gasteiger charge is 2.38. The number of rotatable bonds is 6. The topological polar surface area (TPSA) is 118 Å². The van der Waals surface area contributed by atoms with Crippen LogP contribution in [0.4, 0.5) is 4.79 Å². The van der Waals surface area contributed by atoms with Crippen LogP contribution in [0.3, 0.4) is 0 Å². The Labute approximate surface area is 146 Å². The molecule has 1 aliphatic heterocycles. The highest BCUT2D eigenvalue weighted by molar-refractivity contribution is 5.87. The maximum absolute atomic E-state index is 12.5. The lowest BCUT2D eigenvalue weighted by molar-refractivity contribution is 0.0215. The van der Waals surface area contributed by atoms with Gasteiger partial charge in [-0.15, -0.1) is 5.10 Å². The molecule has 2 N–H and O–H groups in total. The van der Waals surface area contributed by atoms with Crippen LogP contribution in [0, 0.1) is 0 Å². The predicted molar refractivity (Wildman–Crippen MR) is 88.2 cm³/mol. The number of carboxylic acids is 1. The summed E-state index contributed by atoms with van der Waals surface area (Å²) in [6.07, 6.45) is 2.15. The first-order valence-corrected chi connectivity index (χ1v) is 8.51. The molecule has 0 saturated carbocycles. The molecule has 9 heteroatoms. The molecule has 1 atom stereocenters. The lowest BCUT2D eigenvalue weighted by Gasteiger charge is -2.29. The van der Waals surface area contributed by atoms with Crippen LogP contribution in [0.15, 0.2) is 0 Å². The second-order valence-electron chi connectivity index (χ2n) is 7.11. The summed E-state index contributed by atoms with van der Waals surface area (Å²) in [7, 11) is 0. The zero-order valence-electron chi connectivity index (χ0n) is 14.9. The number of aliphatic hydroxyl groups is 1.